The van der Waals surface area contributed by atoms with Crippen LogP contribution >= 0.6 is 0 Å². The number of likely N-dealkylation sites (tertiary alicyclic amines) is 1. The zero-order chi connectivity index (χ0) is 15.5. The molecule has 0 radical (unpaired) electrons. The maximum Gasteiger partial charge on any atom is 0.337 e. The van der Waals surface area contributed by atoms with E-state index in [1.165, 1.54) is 26.5 Å². The summed E-state index contributed by atoms with van der Waals surface area (Å²) in [6.07, 6.45) is 3.84. The molecule has 1 aliphatic carbocycles. The predicted octanol–water partition coefficient (Wildman–Crippen LogP) is 1.69. The Morgan fingerprint density at radius 2 is 1.86 bits per heavy atom. The Bertz CT molecular complexity index is 552. The Kier molecular flexibility index (Phi) is 4.43. The molecule has 1 aliphatic heterocycles. The highest BCUT2D eigenvalue weighted by atomic mass is 16.5. The fourth-order valence-electron chi connectivity index (χ4n) is 3.02. The molecule has 1 saturated carbocycles. The van der Waals surface area contributed by atoms with Crippen LogP contribution in [-0.4, -0.2) is 49.6 Å². The molecule has 0 aromatic heterocycles. The van der Waals surface area contributed by atoms with Crippen molar-refractivity contribution in [2.75, 3.05) is 26.7 Å². The summed E-state index contributed by atoms with van der Waals surface area (Å²) in [4.78, 5) is 26.0. The zero-order valence-corrected chi connectivity index (χ0v) is 12.9. The van der Waals surface area contributed by atoms with E-state index in [1.54, 1.807) is 24.3 Å². The average Bonchev–Trinajstić information content (AvgIpc) is 3.30. The standard InChI is InChI=1S/C17H22N2O3/c1-22-17(21)14-4-2-13(3-5-14)16(20)18-10-12-8-9-19(11-12)15-6-7-15/h2-5,12,15H,6-11H2,1H3,(H,18,20)/t12-/m1/s1. The van der Waals surface area contributed by atoms with Gasteiger partial charge in [0.15, 0.2) is 0 Å². The van der Waals surface area contributed by atoms with Crippen LogP contribution in [0.15, 0.2) is 24.3 Å². The summed E-state index contributed by atoms with van der Waals surface area (Å²) in [6, 6.07) is 7.36. The third-order valence-corrected chi connectivity index (χ3v) is 4.50. The zero-order valence-electron chi connectivity index (χ0n) is 12.9. The van der Waals surface area contributed by atoms with Crippen molar-refractivity contribution in [2.24, 2.45) is 5.92 Å². The molecule has 5 nitrogen and oxygen atoms in total. The second-order valence-electron chi connectivity index (χ2n) is 6.16. The van der Waals surface area contributed by atoms with Crippen molar-refractivity contribution in [3.63, 3.8) is 0 Å². The van der Waals surface area contributed by atoms with E-state index < -0.39 is 5.97 Å². The van der Waals surface area contributed by atoms with Crippen LogP contribution in [0.3, 0.4) is 0 Å². The van der Waals surface area contributed by atoms with Gasteiger partial charge in [0.05, 0.1) is 12.7 Å². The van der Waals surface area contributed by atoms with Crippen LogP contribution in [0.5, 0.6) is 0 Å². The van der Waals surface area contributed by atoms with Gasteiger partial charge in [0.25, 0.3) is 5.91 Å². The number of hydrogen-bond acceptors (Lipinski definition) is 4. The van der Waals surface area contributed by atoms with Gasteiger partial charge in [-0.3, -0.25) is 4.79 Å². The van der Waals surface area contributed by atoms with Crippen LogP contribution in [0, 0.1) is 5.92 Å². The van der Waals surface area contributed by atoms with Gasteiger partial charge in [0.1, 0.15) is 0 Å². The van der Waals surface area contributed by atoms with Gasteiger partial charge in [-0.1, -0.05) is 0 Å². The van der Waals surface area contributed by atoms with E-state index in [-0.39, 0.29) is 5.91 Å². The number of nitrogens with one attached hydrogen (secondary N) is 1. The Morgan fingerprint density at radius 3 is 2.50 bits per heavy atom. The van der Waals surface area contributed by atoms with Gasteiger partial charge < -0.3 is 15.0 Å². The molecule has 0 unspecified atom stereocenters. The lowest BCUT2D eigenvalue weighted by molar-refractivity contribution is 0.0600. The predicted molar refractivity (Wildman–Crippen MR) is 82.8 cm³/mol. The molecule has 1 amide bonds. The average molecular weight is 302 g/mol. The minimum absolute atomic E-state index is 0.0821. The molecule has 1 atom stereocenters. The highest BCUT2D eigenvalue weighted by Gasteiger charge is 2.34. The van der Waals surface area contributed by atoms with Crippen LogP contribution in [0.1, 0.15) is 40.0 Å². The monoisotopic (exact) mass is 302 g/mol. The third-order valence-electron chi connectivity index (χ3n) is 4.50. The molecule has 118 valence electrons. The smallest absolute Gasteiger partial charge is 0.337 e. The van der Waals surface area contributed by atoms with Crippen LogP contribution in [0.2, 0.25) is 0 Å². The molecule has 1 saturated heterocycles. The van der Waals surface area contributed by atoms with Gasteiger partial charge in [-0.2, -0.15) is 0 Å². The third kappa shape index (κ3) is 3.47. The lowest BCUT2D eigenvalue weighted by Gasteiger charge is -2.15. The van der Waals surface area contributed by atoms with E-state index in [0.717, 1.165) is 25.6 Å². The van der Waals surface area contributed by atoms with E-state index in [0.29, 0.717) is 17.0 Å². The molecule has 3 rings (SSSR count). The van der Waals surface area contributed by atoms with E-state index >= 15 is 0 Å². The first-order valence-corrected chi connectivity index (χ1v) is 7.88. The summed E-state index contributed by atoms with van der Waals surface area (Å²) in [5.74, 6) is 0.0817. The van der Waals surface area contributed by atoms with Gasteiger partial charge >= 0.3 is 5.97 Å². The maximum atomic E-state index is 12.1. The van der Waals surface area contributed by atoms with Crippen molar-refractivity contribution in [1.29, 1.82) is 0 Å². The van der Waals surface area contributed by atoms with Crippen molar-refractivity contribution in [3.8, 4) is 0 Å². The van der Waals surface area contributed by atoms with Gasteiger partial charge in [-0.05, 0) is 56.0 Å². The molecule has 1 heterocycles. The highest BCUT2D eigenvalue weighted by Crippen LogP contribution is 2.31. The summed E-state index contributed by atoms with van der Waals surface area (Å²) >= 11 is 0. The molecular formula is C17H22N2O3. The minimum Gasteiger partial charge on any atom is -0.465 e. The quantitative estimate of drug-likeness (QED) is 0.841. The van der Waals surface area contributed by atoms with Gasteiger partial charge in [0, 0.05) is 24.7 Å². The number of benzene rings is 1. The second-order valence-corrected chi connectivity index (χ2v) is 6.16. The topological polar surface area (TPSA) is 58.6 Å². The number of nitrogens with zero attached hydrogens (tertiary/aromatic N) is 1. The summed E-state index contributed by atoms with van der Waals surface area (Å²) in [6.45, 7) is 2.99. The lowest BCUT2D eigenvalue weighted by atomic mass is 10.1. The number of hydrogen-bond donors (Lipinski definition) is 1. The Morgan fingerprint density at radius 1 is 1.18 bits per heavy atom. The summed E-state index contributed by atoms with van der Waals surface area (Å²) < 4.78 is 4.64. The van der Waals surface area contributed by atoms with Gasteiger partial charge in [-0.15, -0.1) is 0 Å². The summed E-state index contributed by atoms with van der Waals surface area (Å²) in [5, 5.41) is 3.00. The van der Waals surface area contributed by atoms with Crippen molar-refractivity contribution in [3.05, 3.63) is 35.4 Å². The number of amides is 1. The fraction of sp³-hybridized carbons (Fsp3) is 0.529. The number of carbonyl (C=O) groups is 2. The van der Waals surface area contributed by atoms with Crippen LogP contribution in [0.4, 0.5) is 0 Å². The molecule has 1 aromatic rings. The maximum absolute atomic E-state index is 12.1. The van der Waals surface area contributed by atoms with Gasteiger partial charge in [0.2, 0.25) is 0 Å². The molecule has 1 N–H and O–H groups in total. The van der Waals surface area contributed by atoms with Crippen molar-refractivity contribution >= 4 is 11.9 Å². The molecule has 2 fully saturated rings. The lowest BCUT2D eigenvalue weighted by Crippen LogP contribution is -2.31. The Balaban J connectivity index is 1.48. The summed E-state index contributed by atoms with van der Waals surface area (Å²) in [5.41, 5.74) is 1.03. The normalized spacial score (nSPS) is 21.6. The van der Waals surface area contributed by atoms with E-state index in [2.05, 4.69) is 15.0 Å². The molecule has 0 bridgehead atoms. The minimum atomic E-state index is -0.391. The molecule has 0 spiro atoms. The summed E-state index contributed by atoms with van der Waals surface area (Å²) in [7, 11) is 1.34. The fourth-order valence-corrected chi connectivity index (χ4v) is 3.02. The van der Waals surface area contributed by atoms with E-state index in [4.69, 9.17) is 0 Å². The number of ether oxygens (including phenoxy) is 1. The van der Waals surface area contributed by atoms with Crippen molar-refractivity contribution in [2.45, 2.75) is 25.3 Å². The number of carbonyl (C=O) groups excluding carboxylic acids is 2. The Labute approximate surface area is 130 Å². The van der Waals surface area contributed by atoms with Crippen LogP contribution in [-0.2, 0) is 4.74 Å². The van der Waals surface area contributed by atoms with E-state index in [1.807, 2.05) is 0 Å². The van der Waals surface area contributed by atoms with Crippen LogP contribution in [0.25, 0.3) is 0 Å². The number of esters is 1. The van der Waals surface area contributed by atoms with Crippen molar-refractivity contribution in [1.82, 2.24) is 10.2 Å². The van der Waals surface area contributed by atoms with Gasteiger partial charge in [-0.25, -0.2) is 4.79 Å². The molecule has 22 heavy (non-hydrogen) atoms. The Hall–Kier alpha value is -1.88. The molecule has 5 heteroatoms. The van der Waals surface area contributed by atoms with E-state index in [9.17, 15) is 9.59 Å². The first-order chi connectivity index (χ1) is 10.7. The molecule has 2 aliphatic rings. The molecule has 1 aromatic carbocycles. The SMILES string of the molecule is COC(=O)c1ccc(C(=O)NC[C@H]2CCN(C3CC3)C2)cc1. The van der Waals surface area contributed by atoms with Crippen LogP contribution < -0.4 is 5.32 Å². The first-order valence-electron chi connectivity index (χ1n) is 7.88. The number of rotatable bonds is 5. The largest absolute Gasteiger partial charge is 0.465 e. The number of methoxy groups -OCH3 is 1. The highest BCUT2D eigenvalue weighted by molar-refractivity contribution is 5.96. The molecular weight excluding hydrogens is 280 g/mol. The van der Waals surface area contributed by atoms with Crippen molar-refractivity contribution < 1.29 is 14.3 Å². The second kappa shape index (κ2) is 6.48. The first kappa shape index (κ1) is 15.0.